The molecular weight excluding hydrogens is 369 g/mol. The molecule has 2 atom stereocenters. The third kappa shape index (κ3) is 14.8. The molecule has 0 saturated carbocycles. The van der Waals surface area contributed by atoms with E-state index in [0.29, 0.717) is 17.5 Å². The molecule has 0 bridgehead atoms. The summed E-state index contributed by atoms with van der Waals surface area (Å²) in [4.78, 5) is 10.4. The van der Waals surface area contributed by atoms with Gasteiger partial charge in [-0.3, -0.25) is 4.57 Å². The fraction of sp³-hybridized carbons (Fsp3) is 0.913. The van der Waals surface area contributed by atoms with Crippen LogP contribution in [0.1, 0.15) is 104 Å². The van der Waals surface area contributed by atoms with Crippen molar-refractivity contribution in [3.05, 3.63) is 12.2 Å². The smallest absolute Gasteiger partial charge is 0.320 e. The van der Waals surface area contributed by atoms with Crippen LogP contribution < -0.4 is 0 Å². The predicted octanol–water partition coefficient (Wildman–Crippen LogP) is 7.28. The van der Waals surface area contributed by atoms with E-state index in [1.807, 2.05) is 28.1 Å². The molecule has 0 aliphatic heterocycles. The molecule has 0 aliphatic carbocycles. The molecule has 0 fully saturated rings. The summed E-state index contributed by atoms with van der Waals surface area (Å²) in [6.45, 7) is 4.70. The summed E-state index contributed by atoms with van der Waals surface area (Å²) in [6.07, 6.45) is 21.1. The van der Waals surface area contributed by atoms with Crippen LogP contribution in [0.25, 0.3) is 0 Å². The monoisotopic (exact) mass is 418 g/mol. The summed E-state index contributed by atoms with van der Waals surface area (Å²) in [6, 6.07) is 0. The Labute approximate surface area is 175 Å². The summed E-state index contributed by atoms with van der Waals surface area (Å²) >= 11 is 0. The zero-order valence-corrected chi connectivity index (χ0v) is 20.4. The molecule has 5 heteroatoms. The number of unbranched alkanes of at least 4 members (excludes halogenated alkanes) is 10. The van der Waals surface area contributed by atoms with Gasteiger partial charge in [-0.25, -0.2) is 0 Å². The molecular formula is C23H49NO3P+. The quantitative estimate of drug-likeness (QED) is 0.104. The molecule has 0 amide bonds. The Balaban J connectivity index is 3.68. The second-order valence-electron chi connectivity index (χ2n) is 9.01. The summed E-state index contributed by atoms with van der Waals surface area (Å²) in [5, 5.41) is 0. The number of hydrogen-bond donors (Lipinski definition) is 1. The number of rotatable bonds is 19. The minimum Gasteiger partial charge on any atom is -0.320 e. The fourth-order valence-corrected chi connectivity index (χ4v) is 5.55. The van der Waals surface area contributed by atoms with Gasteiger partial charge in [-0.1, -0.05) is 70.9 Å². The molecule has 168 valence electrons. The minimum atomic E-state index is -3.56. The molecule has 0 aromatic rings. The molecule has 0 radical (unpaired) electrons. The van der Waals surface area contributed by atoms with Crippen molar-refractivity contribution in [1.29, 1.82) is 0 Å². The number of hydrogen-bond acceptors (Lipinski definition) is 2. The van der Waals surface area contributed by atoms with Gasteiger partial charge < -0.3 is 13.9 Å². The maximum atomic E-state index is 12.6. The highest BCUT2D eigenvalue weighted by atomic mass is 31.2. The molecule has 4 nitrogen and oxygen atoms in total. The lowest BCUT2D eigenvalue weighted by atomic mass is 10.1. The Morgan fingerprint density at radius 2 is 1.32 bits per heavy atom. The van der Waals surface area contributed by atoms with Crippen molar-refractivity contribution in [3.8, 4) is 0 Å². The SMILES string of the molecule is CCCCCCC=CCCCCCCCCOP(=O)(O)C(CCC)[N+](C)(C)C. The molecule has 0 aliphatic rings. The van der Waals surface area contributed by atoms with Crippen LogP contribution in [0.3, 0.4) is 0 Å². The lowest BCUT2D eigenvalue weighted by Crippen LogP contribution is -2.45. The van der Waals surface area contributed by atoms with Crippen LogP contribution in [0, 0.1) is 0 Å². The highest BCUT2D eigenvalue weighted by molar-refractivity contribution is 7.53. The maximum absolute atomic E-state index is 12.6. The van der Waals surface area contributed by atoms with Gasteiger partial charge in [0.15, 0.2) is 5.78 Å². The van der Waals surface area contributed by atoms with Gasteiger partial charge in [0.05, 0.1) is 27.7 Å². The van der Waals surface area contributed by atoms with Crippen molar-refractivity contribution in [2.75, 3.05) is 27.7 Å². The second-order valence-corrected chi connectivity index (χ2v) is 11.0. The van der Waals surface area contributed by atoms with Crippen LogP contribution in [0.15, 0.2) is 12.2 Å². The Kier molecular flexibility index (Phi) is 16.5. The fourth-order valence-electron chi connectivity index (χ4n) is 3.52. The summed E-state index contributed by atoms with van der Waals surface area (Å²) in [5.41, 5.74) is 0. The lowest BCUT2D eigenvalue weighted by molar-refractivity contribution is -0.883. The molecule has 0 rings (SSSR count). The van der Waals surface area contributed by atoms with E-state index >= 15 is 0 Å². The van der Waals surface area contributed by atoms with Crippen LogP contribution >= 0.6 is 7.60 Å². The normalized spacial score (nSPS) is 15.8. The number of allylic oxidation sites excluding steroid dienone is 2. The molecule has 1 N–H and O–H groups in total. The average Bonchev–Trinajstić information content (AvgIpc) is 2.61. The average molecular weight is 419 g/mol. The molecule has 0 aromatic heterocycles. The minimum absolute atomic E-state index is 0.336. The highest BCUT2D eigenvalue weighted by Crippen LogP contribution is 2.51. The maximum Gasteiger partial charge on any atom is 0.385 e. The lowest BCUT2D eigenvalue weighted by Gasteiger charge is -2.35. The largest absolute Gasteiger partial charge is 0.385 e. The Morgan fingerprint density at radius 1 is 0.821 bits per heavy atom. The third-order valence-corrected chi connectivity index (χ3v) is 7.51. The van der Waals surface area contributed by atoms with E-state index in [4.69, 9.17) is 4.52 Å². The van der Waals surface area contributed by atoms with E-state index in [1.165, 1.54) is 64.2 Å². The van der Waals surface area contributed by atoms with E-state index in [9.17, 15) is 9.46 Å². The standard InChI is InChI=1S/C23H48NO3P/c1-6-8-9-10-11-12-13-14-15-16-17-18-19-20-22-27-28(25,26)23(21-7-2)24(3,4)5/h12-13,23H,6-11,14-22H2,1-5H3/p+1. The summed E-state index contributed by atoms with van der Waals surface area (Å²) in [5.74, 6) is -0.336. The van der Waals surface area contributed by atoms with Gasteiger partial charge in [0.25, 0.3) is 0 Å². The van der Waals surface area contributed by atoms with E-state index < -0.39 is 7.60 Å². The summed E-state index contributed by atoms with van der Waals surface area (Å²) < 4.78 is 18.5. The van der Waals surface area contributed by atoms with Crippen molar-refractivity contribution in [2.24, 2.45) is 0 Å². The topological polar surface area (TPSA) is 46.5 Å². The Hall–Kier alpha value is -0.150. The van der Waals surface area contributed by atoms with Gasteiger partial charge in [-0.2, -0.15) is 0 Å². The van der Waals surface area contributed by atoms with Crippen molar-refractivity contribution >= 4 is 7.60 Å². The van der Waals surface area contributed by atoms with Gasteiger partial charge in [0.1, 0.15) is 0 Å². The van der Waals surface area contributed by atoms with Crippen LogP contribution in [-0.2, 0) is 9.09 Å². The van der Waals surface area contributed by atoms with Gasteiger partial charge >= 0.3 is 7.60 Å². The molecule has 2 unspecified atom stereocenters. The molecule has 0 saturated heterocycles. The first-order chi connectivity index (χ1) is 13.3. The zero-order chi connectivity index (χ0) is 21.3. The van der Waals surface area contributed by atoms with Crippen LogP contribution in [0.4, 0.5) is 0 Å². The Morgan fingerprint density at radius 3 is 1.82 bits per heavy atom. The molecule has 0 spiro atoms. The first-order valence-electron chi connectivity index (χ1n) is 11.7. The van der Waals surface area contributed by atoms with Crippen LogP contribution in [-0.4, -0.2) is 42.9 Å². The molecule has 0 aromatic carbocycles. The predicted molar refractivity (Wildman–Crippen MR) is 123 cm³/mol. The third-order valence-electron chi connectivity index (χ3n) is 5.25. The summed E-state index contributed by atoms with van der Waals surface area (Å²) in [7, 11) is 2.34. The van der Waals surface area contributed by atoms with Crippen molar-refractivity contribution in [3.63, 3.8) is 0 Å². The van der Waals surface area contributed by atoms with Crippen molar-refractivity contribution in [1.82, 2.24) is 0 Å². The first kappa shape index (κ1) is 27.8. The van der Waals surface area contributed by atoms with Crippen molar-refractivity contribution < 1.29 is 18.5 Å². The van der Waals surface area contributed by atoms with E-state index in [1.54, 1.807) is 0 Å². The number of nitrogens with zero attached hydrogens (tertiary/aromatic N) is 1. The second kappa shape index (κ2) is 16.6. The molecule has 0 heterocycles. The van der Waals surface area contributed by atoms with E-state index in [0.717, 1.165) is 19.3 Å². The van der Waals surface area contributed by atoms with Gasteiger partial charge in [-0.15, -0.1) is 0 Å². The van der Waals surface area contributed by atoms with Gasteiger partial charge in [0, 0.05) is 6.42 Å². The Bertz CT molecular complexity index is 432. The van der Waals surface area contributed by atoms with E-state index in [-0.39, 0.29) is 5.78 Å². The van der Waals surface area contributed by atoms with E-state index in [2.05, 4.69) is 19.1 Å². The molecule has 28 heavy (non-hydrogen) atoms. The highest BCUT2D eigenvalue weighted by Gasteiger charge is 2.41. The first-order valence-corrected chi connectivity index (χ1v) is 13.3. The van der Waals surface area contributed by atoms with Crippen LogP contribution in [0.5, 0.6) is 0 Å². The van der Waals surface area contributed by atoms with Gasteiger partial charge in [-0.05, 0) is 38.5 Å². The van der Waals surface area contributed by atoms with Gasteiger partial charge in [0.2, 0.25) is 0 Å². The zero-order valence-electron chi connectivity index (χ0n) is 19.5. The van der Waals surface area contributed by atoms with Crippen LogP contribution in [0.2, 0.25) is 0 Å². The van der Waals surface area contributed by atoms with Crippen molar-refractivity contribution in [2.45, 2.75) is 110 Å². The number of quaternary nitrogens is 1.